The minimum atomic E-state index is -1.35. The summed E-state index contributed by atoms with van der Waals surface area (Å²) in [7, 11) is 0. The van der Waals surface area contributed by atoms with Crippen LogP contribution in [0.2, 0.25) is 0 Å². The molecule has 2 amide bonds. The summed E-state index contributed by atoms with van der Waals surface area (Å²) < 4.78 is 11.1. The van der Waals surface area contributed by atoms with Gasteiger partial charge in [0.15, 0.2) is 0 Å². The lowest BCUT2D eigenvalue weighted by atomic mass is 10.1. The first kappa shape index (κ1) is 32.9. The topological polar surface area (TPSA) is 168 Å². The van der Waals surface area contributed by atoms with Gasteiger partial charge in [0.25, 0.3) is 5.91 Å². The van der Waals surface area contributed by atoms with Gasteiger partial charge in [0, 0.05) is 24.8 Å². The molecule has 0 radical (unpaired) electrons. The first-order valence-electron chi connectivity index (χ1n) is 14.5. The Kier molecular flexibility index (Phi) is 11.8. The number of carboxylic acids is 1. The number of rotatable bonds is 14. The number of aromatic nitrogens is 1. The summed E-state index contributed by atoms with van der Waals surface area (Å²) in [5.41, 5.74) is 2.88. The molecule has 1 fully saturated rings. The Hall–Kier alpha value is -5.01. The number of aryl methyl sites for hydroxylation is 2. The van der Waals surface area contributed by atoms with E-state index in [9.17, 15) is 24.3 Å². The molecule has 0 aliphatic carbocycles. The number of ether oxygens (including phenoxy) is 2. The number of amides is 2. The summed E-state index contributed by atoms with van der Waals surface area (Å²) >= 11 is 0. The molecule has 1 saturated heterocycles. The van der Waals surface area contributed by atoms with E-state index in [-0.39, 0.29) is 32.3 Å². The molecule has 45 heavy (non-hydrogen) atoms. The van der Waals surface area contributed by atoms with Crippen LogP contribution in [0.1, 0.15) is 33.5 Å². The van der Waals surface area contributed by atoms with Gasteiger partial charge in [0.1, 0.15) is 25.1 Å². The summed E-state index contributed by atoms with van der Waals surface area (Å²) in [6.45, 7) is 3.57. The maximum absolute atomic E-state index is 12.6. The van der Waals surface area contributed by atoms with Gasteiger partial charge in [-0.3, -0.25) is 9.59 Å². The third kappa shape index (κ3) is 10.6. The number of aliphatic carboxylic acids is 1. The van der Waals surface area contributed by atoms with Crippen LogP contribution in [-0.2, 0) is 30.5 Å². The zero-order chi connectivity index (χ0) is 32.2. The first-order chi connectivity index (χ1) is 21.7. The van der Waals surface area contributed by atoms with Crippen molar-refractivity contribution in [3.8, 4) is 0 Å². The average molecular weight is 620 g/mol. The molecule has 2 heterocycles. The lowest BCUT2D eigenvalue weighted by Crippen LogP contribution is -2.49. The number of hydrogen-bond acceptors (Lipinski definition) is 10. The highest BCUT2D eigenvalue weighted by molar-refractivity contribution is 5.97. The van der Waals surface area contributed by atoms with Gasteiger partial charge in [-0.1, -0.05) is 53.6 Å². The van der Waals surface area contributed by atoms with E-state index in [1.165, 1.54) is 5.06 Å². The number of carboxylic acid groups (broad SMARTS) is 1. The number of nitrogens with zero attached hydrogens (tertiary/aromatic N) is 2. The molecule has 3 atom stereocenters. The van der Waals surface area contributed by atoms with E-state index in [0.29, 0.717) is 24.3 Å². The van der Waals surface area contributed by atoms with E-state index >= 15 is 0 Å². The van der Waals surface area contributed by atoms with E-state index in [2.05, 4.69) is 20.9 Å². The standard InChI is InChI=1S/C32H37N5O8/c1-21-12-22(2)14-24(13-21)30(39)36-27(31(40)41)17-35-29(38)20-43-26-15-25(16-34-28-10-6-7-11-33-28)37(18-26)45-32(42)44-19-23-8-4-3-5-9-23/h3-14,25-27H,15-20H2,1-2H3,(H,33,34)(H,35,38)(H,36,39)(H,40,41). The number of benzene rings is 2. The second-order valence-corrected chi connectivity index (χ2v) is 10.7. The second-order valence-electron chi connectivity index (χ2n) is 10.7. The molecule has 0 spiro atoms. The smallest absolute Gasteiger partial charge is 0.480 e. The van der Waals surface area contributed by atoms with Gasteiger partial charge in [-0.25, -0.2) is 14.6 Å². The van der Waals surface area contributed by atoms with Crippen molar-refractivity contribution in [3.63, 3.8) is 0 Å². The third-order valence-corrected chi connectivity index (χ3v) is 6.94. The fraction of sp³-hybridized carbons (Fsp3) is 0.344. The molecular formula is C32H37N5O8. The number of hydrogen-bond donors (Lipinski definition) is 4. The quantitative estimate of drug-likeness (QED) is 0.196. The zero-order valence-electron chi connectivity index (χ0n) is 25.1. The molecule has 3 unspecified atom stereocenters. The third-order valence-electron chi connectivity index (χ3n) is 6.94. The number of anilines is 1. The molecule has 4 rings (SSSR count). The number of pyridine rings is 1. The van der Waals surface area contributed by atoms with Crippen molar-refractivity contribution in [1.82, 2.24) is 20.7 Å². The van der Waals surface area contributed by atoms with Crippen molar-refractivity contribution in [2.75, 3.05) is 31.6 Å². The number of carbonyl (C=O) groups excluding carboxylic acids is 3. The van der Waals surface area contributed by atoms with Crippen LogP contribution in [-0.4, -0.2) is 83.5 Å². The monoisotopic (exact) mass is 619 g/mol. The van der Waals surface area contributed by atoms with Gasteiger partial charge < -0.3 is 35.4 Å². The largest absolute Gasteiger partial charge is 0.528 e. The number of nitrogens with one attached hydrogen (secondary N) is 3. The van der Waals surface area contributed by atoms with Crippen molar-refractivity contribution in [3.05, 3.63) is 95.2 Å². The average Bonchev–Trinajstić information content (AvgIpc) is 3.41. The van der Waals surface area contributed by atoms with E-state index in [4.69, 9.17) is 14.3 Å². The molecule has 4 N–H and O–H groups in total. The fourth-order valence-corrected chi connectivity index (χ4v) is 4.80. The molecule has 1 aliphatic rings. The van der Waals surface area contributed by atoms with Gasteiger partial charge in [0.2, 0.25) is 5.91 Å². The molecule has 2 aromatic carbocycles. The maximum Gasteiger partial charge on any atom is 0.528 e. The molecule has 0 saturated carbocycles. The van der Waals surface area contributed by atoms with Crippen LogP contribution in [0.3, 0.4) is 0 Å². The Balaban J connectivity index is 1.27. The van der Waals surface area contributed by atoms with Crippen molar-refractivity contribution in [1.29, 1.82) is 0 Å². The van der Waals surface area contributed by atoms with Crippen molar-refractivity contribution >= 4 is 29.8 Å². The molecule has 3 aromatic rings. The van der Waals surface area contributed by atoms with E-state index in [1.54, 1.807) is 30.5 Å². The number of hydroxylamine groups is 2. The molecular weight excluding hydrogens is 582 g/mol. The molecule has 13 nitrogen and oxygen atoms in total. The predicted molar refractivity (Wildman–Crippen MR) is 163 cm³/mol. The van der Waals surface area contributed by atoms with Crippen LogP contribution in [0.15, 0.2) is 72.9 Å². The van der Waals surface area contributed by atoms with Crippen LogP contribution < -0.4 is 16.0 Å². The summed E-state index contributed by atoms with van der Waals surface area (Å²) in [5.74, 6) is -1.77. The molecule has 0 bridgehead atoms. The van der Waals surface area contributed by atoms with E-state index < -0.39 is 36.1 Å². The molecule has 1 aromatic heterocycles. The highest BCUT2D eigenvalue weighted by atomic mass is 16.8. The second kappa shape index (κ2) is 16.2. The summed E-state index contributed by atoms with van der Waals surface area (Å²) in [6.07, 6.45) is 0.721. The lowest BCUT2D eigenvalue weighted by molar-refractivity contribution is -0.143. The molecule has 1 aliphatic heterocycles. The maximum atomic E-state index is 12.6. The summed E-state index contributed by atoms with van der Waals surface area (Å²) in [5, 5.41) is 19.2. The zero-order valence-corrected chi connectivity index (χ0v) is 25.1. The Morgan fingerprint density at radius 1 is 1.02 bits per heavy atom. The molecule has 238 valence electrons. The van der Waals surface area contributed by atoms with Crippen molar-refractivity contribution in [2.45, 2.75) is 45.1 Å². The highest BCUT2D eigenvalue weighted by Crippen LogP contribution is 2.22. The van der Waals surface area contributed by atoms with Gasteiger partial charge in [-0.05, 0) is 50.1 Å². The Bertz CT molecular complexity index is 1440. The van der Waals surface area contributed by atoms with Crippen LogP contribution in [0.4, 0.5) is 10.6 Å². The van der Waals surface area contributed by atoms with Crippen LogP contribution in [0, 0.1) is 13.8 Å². The Morgan fingerprint density at radius 2 is 1.76 bits per heavy atom. The SMILES string of the molecule is Cc1cc(C)cc(C(=O)NC(CNC(=O)COC2CC(CNc3ccccn3)N(OC(=O)OCc3ccccc3)C2)C(=O)O)c1. The van der Waals surface area contributed by atoms with Crippen LogP contribution >= 0.6 is 0 Å². The van der Waals surface area contributed by atoms with Crippen LogP contribution in [0.25, 0.3) is 0 Å². The normalized spacial score (nSPS) is 16.8. The van der Waals surface area contributed by atoms with E-state index in [0.717, 1.165) is 16.7 Å². The summed E-state index contributed by atoms with van der Waals surface area (Å²) in [4.78, 5) is 59.2. The van der Waals surface area contributed by atoms with Crippen molar-refractivity contribution in [2.24, 2.45) is 0 Å². The van der Waals surface area contributed by atoms with Gasteiger partial charge in [0.05, 0.1) is 18.7 Å². The van der Waals surface area contributed by atoms with Crippen molar-refractivity contribution < 1.29 is 38.6 Å². The number of carbonyl (C=O) groups is 4. The van der Waals surface area contributed by atoms with Gasteiger partial charge in [-0.15, -0.1) is 5.06 Å². The minimum absolute atomic E-state index is 0.0485. The van der Waals surface area contributed by atoms with Crippen LogP contribution in [0.5, 0.6) is 0 Å². The first-order valence-corrected chi connectivity index (χ1v) is 14.5. The fourth-order valence-electron chi connectivity index (χ4n) is 4.80. The Labute approximate surface area is 260 Å². The lowest BCUT2D eigenvalue weighted by Gasteiger charge is -2.22. The predicted octanol–water partition coefficient (Wildman–Crippen LogP) is 2.84. The Morgan fingerprint density at radius 3 is 2.44 bits per heavy atom. The summed E-state index contributed by atoms with van der Waals surface area (Å²) in [6, 6.07) is 18.2. The van der Waals surface area contributed by atoms with Gasteiger partial charge >= 0.3 is 12.1 Å². The van der Waals surface area contributed by atoms with E-state index in [1.807, 2.05) is 56.3 Å². The van der Waals surface area contributed by atoms with Gasteiger partial charge in [-0.2, -0.15) is 0 Å². The molecule has 13 heteroatoms. The minimum Gasteiger partial charge on any atom is -0.480 e. The highest BCUT2D eigenvalue weighted by Gasteiger charge is 2.36.